The van der Waals surface area contributed by atoms with Crippen molar-refractivity contribution in [1.29, 1.82) is 0 Å². The SMILES string of the molecule is CC(C)C1(C)N=C(c2ncccc2C(=O)O)NC1=O.[H-].[Na+]. The molecule has 1 aromatic heterocycles. The van der Waals surface area contributed by atoms with E-state index in [9.17, 15) is 9.59 Å². The van der Waals surface area contributed by atoms with Gasteiger partial charge in [0.1, 0.15) is 11.2 Å². The minimum Gasteiger partial charge on any atom is -1.00 e. The molecule has 0 aliphatic carbocycles. The molecular formula is C13H16N3NaO3. The number of carbonyl (C=O) groups excluding carboxylic acids is 1. The van der Waals surface area contributed by atoms with Crippen LogP contribution in [0.4, 0.5) is 0 Å². The Kier molecular flexibility index (Phi) is 5.07. The maximum atomic E-state index is 12.0. The van der Waals surface area contributed by atoms with E-state index in [4.69, 9.17) is 5.11 Å². The molecule has 2 N–H and O–H groups in total. The van der Waals surface area contributed by atoms with Gasteiger partial charge < -0.3 is 11.8 Å². The van der Waals surface area contributed by atoms with E-state index >= 15 is 0 Å². The number of amides is 1. The van der Waals surface area contributed by atoms with E-state index in [1.165, 1.54) is 18.3 Å². The van der Waals surface area contributed by atoms with Gasteiger partial charge in [0.2, 0.25) is 0 Å². The Labute approximate surface area is 140 Å². The number of hydrogen-bond donors (Lipinski definition) is 2. The first-order valence-corrected chi connectivity index (χ1v) is 5.96. The average Bonchev–Trinajstić information content (AvgIpc) is 2.67. The van der Waals surface area contributed by atoms with Crippen molar-refractivity contribution in [2.24, 2.45) is 10.9 Å². The van der Waals surface area contributed by atoms with E-state index in [0.29, 0.717) is 0 Å². The molecule has 1 aliphatic heterocycles. The van der Waals surface area contributed by atoms with Gasteiger partial charge in [-0.1, -0.05) is 13.8 Å². The predicted molar refractivity (Wildman–Crippen MR) is 70.2 cm³/mol. The zero-order valence-electron chi connectivity index (χ0n) is 13.0. The number of hydrogen-bond acceptors (Lipinski definition) is 4. The molecule has 0 saturated carbocycles. The van der Waals surface area contributed by atoms with Crippen molar-refractivity contribution >= 4 is 17.7 Å². The summed E-state index contributed by atoms with van der Waals surface area (Å²) in [6, 6.07) is 2.97. The van der Waals surface area contributed by atoms with Crippen molar-refractivity contribution < 1.29 is 45.7 Å². The molecule has 0 spiro atoms. The molecule has 1 aromatic rings. The van der Waals surface area contributed by atoms with Crippen LogP contribution in [0.15, 0.2) is 23.3 Å². The number of carbonyl (C=O) groups is 2. The van der Waals surface area contributed by atoms with Crippen LogP contribution < -0.4 is 34.9 Å². The summed E-state index contributed by atoms with van der Waals surface area (Å²) < 4.78 is 0. The molecule has 0 aromatic carbocycles. The summed E-state index contributed by atoms with van der Waals surface area (Å²) in [5.74, 6) is -1.11. The fraction of sp³-hybridized carbons (Fsp3) is 0.385. The molecule has 1 amide bonds. The van der Waals surface area contributed by atoms with Gasteiger partial charge in [0, 0.05) is 6.20 Å². The Morgan fingerprint density at radius 3 is 2.65 bits per heavy atom. The first-order valence-electron chi connectivity index (χ1n) is 5.96. The molecule has 1 aliphatic rings. The Morgan fingerprint density at radius 2 is 2.15 bits per heavy atom. The quantitative estimate of drug-likeness (QED) is 0.640. The van der Waals surface area contributed by atoms with Crippen molar-refractivity contribution in [1.82, 2.24) is 10.3 Å². The molecule has 1 atom stereocenters. The fourth-order valence-corrected chi connectivity index (χ4v) is 1.82. The van der Waals surface area contributed by atoms with Crippen molar-refractivity contribution in [2.75, 3.05) is 0 Å². The second kappa shape index (κ2) is 6.03. The van der Waals surface area contributed by atoms with Crippen LogP contribution in [0, 0.1) is 5.92 Å². The Bertz CT molecular complexity index is 592. The van der Waals surface area contributed by atoms with Crippen LogP contribution >= 0.6 is 0 Å². The normalized spacial score (nSPS) is 21.2. The zero-order valence-corrected chi connectivity index (χ0v) is 14.0. The van der Waals surface area contributed by atoms with E-state index in [-0.39, 0.29) is 59.9 Å². The summed E-state index contributed by atoms with van der Waals surface area (Å²) in [5, 5.41) is 11.7. The summed E-state index contributed by atoms with van der Waals surface area (Å²) in [4.78, 5) is 31.5. The number of rotatable bonds is 3. The third-order valence-electron chi connectivity index (χ3n) is 3.42. The van der Waals surface area contributed by atoms with E-state index in [0.717, 1.165) is 0 Å². The van der Waals surface area contributed by atoms with Gasteiger partial charge in [0.05, 0.1) is 5.56 Å². The molecule has 0 bridgehead atoms. The number of nitrogens with one attached hydrogen (secondary N) is 1. The molecule has 102 valence electrons. The van der Waals surface area contributed by atoms with Gasteiger partial charge in [0.15, 0.2) is 5.84 Å². The molecule has 20 heavy (non-hydrogen) atoms. The van der Waals surface area contributed by atoms with Gasteiger partial charge in [-0.3, -0.25) is 9.78 Å². The van der Waals surface area contributed by atoms with Crippen LogP contribution in [-0.2, 0) is 4.79 Å². The van der Waals surface area contributed by atoms with Gasteiger partial charge in [-0.05, 0) is 25.0 Å². The zero-order chi connectivity index (χ0) is 14.2. The second-order valence-corrected chi connectivity index (χ2v) is 4.92. The molecule has 7 heteroatoms. The number of aromatic carboxylic acids is 1. The summed E-state index contributed by atoms with van der Waals surface area (Å²) in [7, 11) is 0. The van der Waals surface area contributed by atoms with Crippen LogP contribution in [-0.4, -0.2) is 33.3 Å². The van der Waals surface area contributed by atoms with Crippen molar-refractivity contribution in [3.63, 3.8) is 0 Å². The van der Waals surface area contributed by atoms with Gasteiger partial charge >= 0.3 is 35.5 Å². The number of carboxylic acids is 1. The minimum absolute atomic E-state index is 0. The van der Waals surface area contributed by atoms with Crippen LogP contribution in [0.2, 0.25) is 0 Å². The number of carboxylic acid groups (broad SMARTS) is 1. The van der Waals surface area contributed by atoms with Crippen LogP contribution in [0.3, 0.4) is 0 Å². The van der Waals surface area contributed by atoms with Gasteiger partial charge in [-0.2, -0.15) is 0 Å². The smallest absolute Gasteiger partial charge is 1.00 e. The van der Waals surface area contributed by atoms with Gasteiger partial charge in [-0.15, -0.1) is 0 Å². The number of pyridine rings is 1. The number of aliphatic imine (C=N–C) groups is 1. The molecule has 2 heterocycles. The molecule has 2 rings (SSSR count). The summed E-state index contributed by atoms with van der Waals surface area (Å²) >= 11 is 0. The van der Waals surface area contributed by atoms with Crippen LogP contribution in [0.1, 0.15) is 38.2 Å². The van der Waals surface area contributed by atoms with E-state index in [1.54, 1.807) is 6.92 Å². The van der Waals surface area contributed by atoms with Crippen molar-refractivity contribution in [2.45, 2.75) is 26.3 Å². The number of aromatic nitrogens is 1. The Hall–Kier alpha value is -1.24. The second-order valence-electron chi connectivity index (χ2n) is 4.92. The summed E-state index contributed by atoms with van der Waals surface area (Å²) in [5.41, 5.74) is -0.676. The van der Waals surface area contributed by atoms with Crippen LogP contribution in [0.25, 0.3) is 0 Å². The van der Waals surface area contributed by atoms with Crippen LogP contribution in [0.5, 0.6) is 0 Å². The molecule has 0 saturated heterocycles. The average molecular weight is 285 g/mol. The van der Waals surface area contributed by atoms with Gasteiger partial charge in [-0.25, -0.2) is 9.79 Å². The Morgan fingerprint density at radius 1 is 1.50 bits per heavy atom. The molecule has 6 nitrogen and oxygen atoms in total. The largest absolute Gasteiger partial charge is 1.00 e. The first-order chi connectivity index (χ1) is 8.86. The summed E-state index contributed by atoms with van der Waals surface area (Å²) in [6.45, 7) is 5.51. The molecular weight excluding hydrogens is 269 g/mol. The monoisotopic (exact) mass is 285 g/mol. The molecule has 0 radical (unpaired) electrons. The minimum atomic E-state index is -1.10. The predicted octanol–water partition coefficient (Wildman–Crippen LogP) is -1.81. The maximum absolute atomic E-state index is 12.0. The third kappa shape index (κ3) is 2.77. The number of amidine groups is 1. The maximum Gasteiger partial charge on any atom is 1.00 e. The van der Waals surface area contributed by atoms with Crippen molar-refractivity contribution in [3.8, 4) is 0 Å². The Balaban J connectivity index is 0.00000200. The topological polar surface area (TPSA) is 91.7 Å². The van der Waals surface area contributed by atoms with Crippen molar-refractivity contribution in [3.05, 3.63) is 29.6 Å². The fourth-order valence-electron chi connectivity index (χ4n) is 1.82. The number of nitrogens with zero attached hydrogens (tertiary/aromatic N) is 2. The standard InChI is InChI=1S/C13H15N3O3.Na.H/c1-7(2)13(3)12(19)15-10(16-13)9-8(11(17)18)5-4-6-14-9;;/h4-7H,1-3H3,(H,17,18)(H,15,16,19);;/q;+1;-1. The van der Waals surface area contributed by atoms with E-state index in [2.05, 4.69) is 15.3 Å². The van der Waals surface area contributed by atoms with E-state index < -0.39 is 11.5 Å². The van der Waals surface area contributed by atoms with Gasteiger partial charge in [0.25, 0.3) is 5.91 Å². The molecule has 1 unspecified atom stereocenters. The van der Waals surface area contributed by atoms with E-state index in [1.807, 2.05) is 13.8 Å². The molecule has 0 fully saturated rings. The first kappa shape index (κ1) is 16.8. The third-order valence-corrected chi connectivity index (χ3v) is 3.42. The summed E-state index contributed by atoms with van der Waals surface area (Å²) in [6.07, 6.45) is 1.47.